The highest BCUT2D eigenvalue weighted by atomic mass is 14.1. The summed E-state index contributed by atoms with van der Waals surface area (Å²) in [6.45, 7) is 6.69. The molecule has 0 unspecified atom stereocenters. The fourth-order valence-corrected chi connectivity index (χ4v) is 2.79. The maximum Gasteiger partial charge on any atom is -0.0106 e. The van der Waals surface area contributed by atoms with Crippen molar-refractivity contribution in [2.75, 3.05) is 0 Å². The van der Waals surface area contributed by atoms with Gasteiger partial charge in [-0.1, -0.05) is 86.7 Å². The second kappa shape index (κ2) is 6.19. The van der Waals surface area contributed by atoms with Gasteiger partial charge in [-0.05, 0) is 46.2 Å². The molecule has 0 nitrogen and oxygen atoms in total. The highest BCUT2D eigenvalue weighted by molar-refractivity contribution is 5.84. The molecule has 3 rings (SSSR count). The molecule has 0 saturated heterocycles. The number of rotatable bonds is 3. The minimum atomic E-state index is 0.538. The Bertz CT molecular complexity index is 763. The molecule has 0 aromatic heterocycles. The quantitative estimate of drug-likeness (QED) is 0.523. The average molecular weight is 286 g/mol. The molecule has 0 heteroatoms. The molecule has 1 aromatic carbocycles. The molecule has 110 valence electrons. The largest absolute Gasteiger partial charge is 0.0622 e. The van der Waals surface area contributed by atoms with Crippen molar-refractivity contribution >= 4 is 12.2 Å². The third-order valence-electron chi connectivity index (χ3n) is 4.21. The van der Waals surface area contributed by atoms with Gasteiger partial charge in [-0.2, -0.15) is 0 Å². The number of hydrogen-bond donors (Lipinski definition) is 0. The fourth-order valence-electron chi connectivity index (χ4n) is 2.79. The topological polar surface area (TPSA) is 0 Å². The molecule has 0 bridgehead atoms. The van der Waals surface area contributed by atoms with Crippen molar-refractivity contribution in [3.05, 3.63) is 82.9 Å². The Labute approximate surface area is 133 Å². The van der Waals surface area contributed by atoms with Crippen molar-refractivity contribution in [1.29, 1.82) is 0 Å². The zero-order valence-corrected chi connectivity index (χ0v) is 13.5. The Kier molecular flexibility index (Phi) is 4.11. The van der Waals surface area contributed by atoms with Crippen LogP contribution in [0.15, 0.2) is 60.7 Å². The summed E-state index contributed by atoms with van der Waals surface area (Å²) in [7, 11) is 0. The van der Waals surface area contributed by atoms with E-state index in [9.17, 15) is 0 Å². The summed E-state index contributed by atoms with van der Waals surface area (Å²) in [6.07, 6.45) is 4.41. The van der Waals surface area contributed by atoms with Crippen LogP contribution in [0.5, 0.6) is 0 Å². The fraction of sp³-hybridized carbons (Fsp3) is 0.182. The Morgan fingerprint density at radius 2 is 1.55 bits per heavy atom. The lowest BCUT2D eigenvalue weighted by Crippen LogP contribution is -1.84. The van der Waals surface area contributed by atoms with E-state index in [1.165, 1.54) is 33.4 Å². The van der Waals surface area contributed by atoms with Crippen LogP contribution in [-0.4, -0.2) is 0 Å². The predicted octanol–water partition coefficient (Wildman–Crippen LogP) is 6.39. The zero-order valence-electron chi connectivity index (χ0n) is 13.5. The number of fused-ring (bicyclic) bond motifs is 1. The van der Waals surface area contributed by atoms with Crippen LogP contribution in [0, 0.1) is 6.92 Å². The monoisotopic (exact) mass is 286 g/mol. The van der Waals surface area contributed by atoms with Crippen LogP contribution in [0.25, 0.3) is 23.3 Å². The summed E-state index contributed by atoms with van der Waals surface area (Å²) in [5.74, 6) is 0.538. The highest BCUT2D eigenvalue weighted by Gasteiger charge is 2.11. The van der Waals surface area contributed by atoms with Gasteiger partial charge in [0.2, 0.25) is 0 Å². The van der Waals surface area contributed by atoms with Gasteiger partial charge < -0.3 is 0 Å². The Balaban J connectivity index is 2.06. The van der Waals surface area contributed by atoms with Crippen LogP contribution in [0.3, 0.4) is 0 Å². The maximum absolute atomic E-state index is 2.34. The van der Waals surface area contributed by atoms with Gasteiger partial charge >= 0.3 is 0 Å². The zero-order chi connectivity index (χ0) is 15.5. The predicted molar refractivity (Wildman–Crippen MR) is 97.3 cm³/mol. The minimum absolute atomic E-state index is 0.538. The Morgan fingerprint density at radius 3 is 2.27 bits per heavy atom. The smallest absolute Gasteiger partial charge is 0.0106 e. The van der Waals surface area contributed by atoms with Crippen LogP contribution < -0.4 is 0 Å². The van der Waals surface area contributed by atoms with Crippen molar-refractivity contribution in [3.63, 3.8) is 0 Å². The van der Waals surface area contributed by atoms with E-state index in [-0.39, 0.29) is 0 Å². The Morgan fingerprint density at radius 1 is 0.773 bits per heavy atom. The third kappa shape index (κ3) is 2.96. The first-order valence-corrected chi connectivity index (χ1v) is 7.91. The van der Waals surface area contributed by atoms with Crippen LogP contribution >= 0.6 is 0 Å². The van der Waals surface area contributed by atoms with E-state index in [4.69, 9.17) is 0 Å². The summed E-state index contributed by atoms with van der Waals surface area (Å²) in [4.78, 5) is 0. The molecule has 22 heavy (non-hydrogen) atoms. The molecular weight excluding hydrogens is 264 g/mol. The van der Waals surface area contributed by atoms with Gasteiger partial charge in [0.25, 0.3) is 0 Å². The van der Waals surface area contributed by atoms with E-state index in [0.717, 1.165) is 0 Å². The molecular formula is C22H22. The van der Waals surface area contributed by atoms with Gasteiger partial charge in [0.1, 0.15) is 0 Å². The molecule has 0 amide bonds. The van der Waals surface area contributed by atoms with Crippen molar-refractivity contribution < 1.29 is 0 Å². The van der Waals surface area contributed by atoms with Gasteiger partial charge in [0.05, 0.1) is 0 Å². The van der Waals surface area contributed by atoms with E-state index >= 15 is 0 Å². The molecule has 0 N–H and O–H groups in total. The maximum atomic E-state index is 2.34. The van der Waals surface area contributed by atoms with E-state index in [0.29, 0.717) is 5.92 Å². The Hall–Kier alpha value is -2.34. The molecule has 0 fully saturated rings. The lowest BCUT2D eigenvalue weighted by Gasteiger charge is -2.04. The number of benzene rings is 1. The lowest BCUT2D eigenvalue weighted by molar-refractivity contribution is 0.869. The molecule has 0 heterocycles. The first kappa shape index (κ1) is 14.6. The van der Waals surface area contributed by atoms with Gasteiger partial charge in [-0.3, -0.25) is 0 Å². The molecule has 0 aliphatic heterocycles. The van der Waals surface area contributed by atoms with Gasteiger partial charge in [0, 0.05) is 0 Å². The molecule has 2 aliphatic rings. The summed E-state index contributed by atoms with van der Waals surface area (Å²) >= 11 is 0. The molecule has 0 atom stereocenters. The van der Waals surface area contributed by atoms with Crippen LogP contribution in [-0.2, 0) is 0 Å². The number of hydrogen-bond acceptors (Lipinski definition) is 0. The van der Waals surface area contributed by atoms with Crippen molar-refractivity contribution in [2.24, 2.45) is 0 Å². The summed E-state index contributed by atoms with van der Waals surface area (Å²) < 4.78 is 0. The van der Waals surface area contributed by atoms with Crippen LogP contribution in [0.4, 0.5) is 0 Å². The van der Waals surface area contributed by atoms with Crippen LogP contribution in [0.1, 0.15) is 42.0 Å². The van der Waals surface area contributed by atoms with E-state index in [1.54, 1.807) is 0 Å². The highest BCUT2D eigenvalue weighted by Crippen LogP contribution is 2.33. The second-order valence-electron chi connectivity index (χ2n) is 6.18. The summed E-state index contributed by atoms with van der Waals surface area (Å²) in [5.41, 5.74) is 7.94. The summed E-state index contributed by atoms with van der Waals surface area (Å²) in [5, 5.41) is 0. The van der Waals surface area contributed by atoms with Gasteiger partial charge in [-0.25, -0.2) is 0 Å². The standard InChI is InChI=1S/C22H22/c1-16(2)20-11-9-17(3)21-14-13-19(22(21)15-20)12-10-18-7-5-4-6-8-18/h4-16H,1-3H3/b12-10+. The second-order valence-corrected chi connectivity index (χ2v) is 6.18. The molecule has 0 saturated carbocycles. The van der Waals surface area contributed by atoms with Crippen molar-refractivity contribution in [3.8, 4) is 11.1 Å². The van der Waals surface area contributed by atoms with E-state index in [1.807, 2.05) is 6.07 Å². The summed E-state index contributed by atoms with van der Waals surface area (Å²) in [6, 6.07) is 21.8. The van der Waals surface area contributed by atoms with Crippen LogP contribution in [0.2, 0.25) is 0 Å². The normalized spacial score (nSPS) is 11.6. The average Bonchev–Trinajstić information content (AvgIpc) is 2.84. The SMILES string of the molecule is Cc1ccc(C(C)C)cc2c(/C=C/c3ccccc3)ccc1-2. The molecule has 1 aromatic rings. The first-order chi connectivity index (χ1) is 10.6. The third-order valence-corrected chi connectivity index (χ3v) is 4.21. The minimum Gasteiger partial charge on any atom is -0.0622 e. The molecule has 0 spiro atoms. The van der Waals surface area contributed by atoms with Crippen molar-refractivity contribution in [2.45, 2.75) is 26.7 Å². The molecule has 2 aliphatic carbocycles. The number of aryl methyl sites for hydroxylation is 1. The van der Waals surface area contributed by atoms with E-state index < -0.39 is 0 Å². The lowest BCUT2D eigenvalue weighted by atomic mass is 10.0. The van der Waals surface area contributed by atoms with E-state index in [2.05, 4.69) is 87.5 Å². The van der Waals surface area contributed by atoms with Gasteiger partial charge in [0.15, 0.2) is 0 Å². The van der Waals surface area contributed by atoms with Gasteiger partial charge in [-0.15, -0.1) is 0 Å². The van der Waals surface area contributed by atoms with Crippen molar-refractivity contribution in [1.82, 2.24) is 0 Å². The molecule has 0 radical (unpaired) electrons. The first-order valence-electron chi connectivity index (χ1n) is 7.91.